The summed E-state index contributed by atoms with van der Waals surface area (Å²) in [6, 6.07) is 6.82. The van der Waals surface area contributed by atoms with Gasteiger partial charge in [-0.3, -0.25) is 4.90 Å². The lowest BCUT2D eigenvalue weighted by molar-refractivity contribution is 0.181. The molecule has 26 heavy (non-hydrogen) atoms. The van der Waals surface area contributed by atoms with Crippen molar-refractivity contribution in [1.29, 1.82) is 0 Å². The number of sulfonamides is 1. The van der Waals surface area contributed by atoms with Gasteiger partial charge in [-0.05, 0) is 24.3 Å². The van der Waals surface area contributed by atoms with Crippen LogP contribution in [-0.2, 0) is 22.0 Å². The molecule has 8 heteroatoms. The second-order valence-electron chi connectivity index (χ2n) is 7.51. The van der Waals surface area contributed by atoms with Gasteiger partial charge < -0.3 is 0 Å². The number of hydrogen-bond donors (Lipinski definition) is 0. The number of hydrogen-bond acceptors (Lipinski definition) is 5. The lowest BCUT2D eigenvalue weighted by Gasteiger charge is -2.33. The summed E-state index contributed by atoms with van der Waals surface area (Å²) in [5.74, 6) is 0. The highest BCUT2D eigenvalue weighted by molar-refractivity contribution is 9.10. The van der Waals surface area contributed by atoms with Gasteiger partial charge in [0.15, 0.2) is 0 Å². The molecule has 1 aliphatic heterocycles. The number of halogens is 1. The van der Waals surface area contributed by atoms with Crippen molar-refractivity contribution in [1.82, 2.24) is 14.2 Å². The van der Waals surface area contributed by atoms with Crippen molar-refractivity contribution in [2.45, 2.75) is 37.6 Å². The number of aromatic nitrogens is 1. The summed E-state index contributed by atoms with van der Waals surface area (Å²) in [6.07, 6.45) is 0. The molecule has 2 heterocycles. The molecular weight excluding hydrogens is 434 g/mol. The Morgan fingerprint density at radius 3 is 2.27 bits per heavy atom. The summed E-state index contributed by atoms with van der Waals surface area (Å²) in [5.41, 5.74) is 1.18. The van der Waals surface area contributed by atoms with Gasteiger partial charge in [-0.25, -0.2) is 13.4 Å². The van der Waals surface area contributed by atoms with Crippen LogP contribution < -0.4 is 0 Å². The minimum absolute atomic E-state index is 0.0617. The van der Waals surface area contributed by atoms with Crippen LogP contribution >= 0.6 is 27.3 Å². The standard InChI is InChI=1S/C18H24BrN3O2S2/c1-18(2,3)16-13-25-17(20-16)12-21-8-10-22(11-9-21)26(23,24)15-6-4-14(19)5-7-15/h4-7,13H,8-12H2,1-3H3. The molecule has 1 aliphatic rings. The summed E-state index contributed by atoms with van der Waals surface area (Å²) in [5, 5.41) is 3.22. The first kappa shape index (κ1) is 19.9. The molecular formula is C18H24BrN3O2S2. The molecule has 0 radical (unpaired) electrons. The van der Waals surface area contributed by atoms with Crippen molar-refractivity contribution < 1.29 is 8.42 Å². The Balaban J connectivity index is 1.60. The predicted molar refractivity (Wildman–Crippen MR) is 109 cm³/mol. The summed E-state index contributed by atoms with van der Waals surface area (Å²) >= 11 is 5.03. The van der Waals surface area contributed by atoms with Crippen LogP contribution in [0.25, 0.3) is 0 Å². The molecule has 2 aromatic rings. The van der Waals surface area contributed by atoms with Gasteiger partial charge in [0.05, 0.1) is 17.1 Å². The van der Waals surface area contributed by atoms with Crippen molar-refractivity contribution in [3.05, 3.63) is 44.8 Å². The van der Waals surface area contributed by atoms with E-state index in [0.29, 0.717) is 18.0 Å². The van der Waals surface area contributed by atoms with Crippen molar-refractivity contribution >= 4 is 37.3 Å². The molecule has 0 atom stereocenters. The van der Waals surface area contributed by atoms with Gasteiger partial charge in [0.1, 0.15) is 5.01 Å². The van der Waals surface area contributed by atoms with E-state index in [1.807, 2.05) is 0 Å². The van der Waals surface area contributed by atoms with Crippen LogP contribution in [0.4, 0.5) is 0 Å². The molecule has 1 aromatic heterocycles. The molecule has 0 saturated carbocycles. The fourth-order valence-electron chi connectivity index (χ4n) is 2.80. The second-order valence-corrected chi connectivity index (χ2v) is 11.3. The van der Waals surface area contributed by atoms with E-state index >= 15 is 0 Å². The minimum atomic E-state index is -3.42. The van der Waals surface area contributed by atoms with Crippen LogP contribution in [0.3, 0.4) is 0 Å². The van der Waals surface area contributed by atoms with Gasteiger partial charge in [0.2, 0.25) is 10.0 Å². The highest BCUT2D eigenvalue weighted by atomic mass is 79.9. The topological polar surface area (TPSA) is 53.5 Å². The zero-order valence-electron chi connectivity index (χ0n) is 15.3. The first-order valence-electron chi connectivity index (χ1n) is 8.59. The molecule has 142 valence electrons. The Bertz CT molecular complexity index is 849. The Kier molecular flexibility index (Phi) is 5.89. The first-order chi connectivity index (χ1) is 12.2. The van der Waals surface area contributed by atoms with Gasteiger partial charge in [-0.2, -0.15) is 4.31 Å². The summed E-state index contributed by atoms with van der Waals surface area (Å²) in [4.78, 5) is 7.37. The Morgan fingerprint density at radius 2 is 1.73 bits per heavy atom. The SMILES string of the molecule is CC(C)(C)c1csc(CN2CCN(S(=O)(=O)c3ccc(Br)cc3)CC2)n1. The molecule has 1 saturated heterocycles. The van der Waals surface area contributed by atoms with E-state index in [9.17, 15) is 8.42 Å². The van der Waals surface area contributed by atoms with Gasteiger partial charge in [0.25, 0.3) is 0 Å². The molecule has 0 bridgehead atoms. The largest absolute Gasteiger partial charge is 0.294 e. The minimum Gasteiger partial charge on any atom is -0.294 e. The van der Waals surface area contributed by atoms with Crippen LogP contribution in [0.5, 0.6) is 0 Å². The van der Waals surface area contributed by atoms with E-state index in [2.05, 4.69) is 47.0 Å². The predicted octanol–water partition coefficient (Wildman–Crippen LogP) is 3.71. The molecule has 5 nitrogen and oxygen atoms in total. The third-order valence-corrected chi connectivity index (χ3v) is 7.74. The van der Waals surface area contributed by atoms with Crippen molar-refractivity contribution in [3.8, 4) is 0 Å². The van der Waals surface area contributed by atoms with Crippen LogP contribution in [0.15, 0.2) is 39.0 Å². The first-order valence-corrected chi connectivity index (χ1v) is 11.7. The Morgan fingerprint density at radius 1 is 1.12 bits per heavy atom. The van der Waals surface area contributed by atoms with E-state index < -0.39 is 10.0 Å². The zero-order valence-corrected chi connectivity index (χ0v) is 18.5. The van der Waals surface area contributed by atoms with Gasteiger partial charge in [0, 0.05) is 41.4 Å². The van der Waals surface area contributed by atoms with Crippen molar-refractivity contribution in [3.63, 3.8) is 0 Å². The number of piperazine rings is 1. The normalized spacial score (nSPS) is 17.5. The van der Waals surface area contributed by atoms with Crippen LogP contribution in [0, 0.1) is 0 Å². The van der Waals surface area contributed by atoms with E-state index in [1.54, 1.807) is 39.9 Å². The van der Waals surface area contributed by atoms with E-state index in [0.717, 1.165) is 34.8 Å². The zero-order chi connectivity index (χ0) is 18.9. The highest BCUT2D eigenvalue weighted by Gasteiger charge is 2.29. The summed E-state index contributed by atoms with van der Waals surface area (Å²) < 4.78 is 28.0. The van der Waals surface area contributed by atoms with Crippen LogP contribution in [-0.4, -0.2) is 48.8 Å². The van der Waals surface area contributed by atoms with Crippen molar-refractivity contribution in [2.75, 3.05) is 26.2 Å². The monoisotopic (exact) mass is 457 g/mol. The number of thiazole rings is 1. The van der Waals surface area contributed by atoms with Crippen LogP contribution in [0.2, 0.25) is 0 Å². The second kappa shape index (κ2) is 7.67. The average molecular weight is 458 g/mol. The quantitative estimate of drug-likeness (QED) is 0.701. The number of benzene rings is 1. The number of rotatable bonds is 4. The third kappa shape index (κ3) is 4.54. The van der Waals surface area contributed by atoms with Gasteiger partial charge >= 0.3 is 0 Å². The van der Waals surface area contributed by atoms with E-state index in [-0.39, 0.29) is 5.41 Å². The smallest absolute Gasteiger partial charge is 0.243 e. The maximum atomic E-state index is 12.8. The van der Waals surface area contributed by atoms with Gasteiger partial charge in [-0.15, -0.1) is 11.3 Å². The average Bonchev–Trinajstić information content (AvgIpc) is 3.05. The highest BCUT2D eigenvalue weighted by Crippen LogP contribution is 2.25. The molecule has 1 fully saturated rings. The molecule has 3 rings (SSSR count). The summed E-state index contributed by atoms with van der Waals surface area (Å²) in [6.45, 7) is 9.74. The fraction of sp³-hybridized carbons (Fsp3) is 0.500. The molecule has 0 N–H and O–H groups in total. The third-order valence-electron chi connectivity index (χ3n) is 4.46. The van der Waals surface area contributed by atoms with Gasteiger partial charge in [-0.1, -0.05) is 36.7 Å². The molecule has 0 unspecified atom stereocenters. The maximum Gasteiger partial charge on any atom is 0.243 e. The Labute approximate surface area is 168 Å². The maximum absolute atomic E-state index is 12.8. The fourth-order valence-corrected chi connectivity index (χ4v) is 5.55. The van der Waals surface area contributed by atoms with E-state index in [4.69, 9.17) is 4.98 Å². The Hall–Kier alpha value is -0.800. The lowest BCUT2D eigenvalue weighted by atomic mass is 9.93. The molecule has 1 aromatic carbocycles. The van der Waals surface area contributed by atoms with Crippen LogP contribution in [0.1, 0.15) is 31.5 Å². The van der Waals surface area contributed by atoms with Crippen molar-refractivity contribution in [2.24, 2.45) is 0 Å². The molecule has 0 spiro atoms. The summed E-state index contributed by atoms with van der Waals surface area (Å²) in [7, 11) is -3.42. The number of nitrogens with zero attached hydrogens (tertiary/aromatic N) is 3. The van der Waals surface area contributed by atoms with E-state index in [1.165, 1.54) is 0 Å². The molecule has 0 amide bonds. The lowest BCUT2D eigenvalue weighted by Crippen LogP contribution is -2.48. The molecule has 0 aliphatic carbocycles.